The number of methoxy groups -OCH3 is 4. The Labute approximate surface area is 837 Å². The fourth-order valence-electron chi connectivity index (χ4n) is 17.7. The molecule has 0 radical (unpaired) electrons. The molecular formula is C109H139BBrClN9O14PPd. The number of para-hydroxylation sites is 1. The Morgan fingerprint density at radius 2 is 1.01 bits per heavy atom. The Kier molecular flexibility index (Phi) is 39.4. The first-order valence-electron chi connectivity index (χ1n) is 47.5. The van der Waals surface area contributed by atoms with Crippen LogP contribution in [0.5, 0.6) is 11.5 Å². The summed E-state index contributed by atoms with van der Waals surface area (Å²) in [5.41, 5.74) is 23.7. The maximum atomic E-state index is 13.6. The first-order valence-corrected chi connectivity index (χ1v) is 51.7. The molecule has 4 amide bonds. The third-order valence-corrected chi connectivity index (χ3v) is 30.0. The average molecular weight is 2060 g/mol. The summed E-state index contributed by atoms with van der Waals surface area (Å²) in [7, 11) is 9.75. The molecule has 3 aliphatic heterocycles. The number of nitrogen functional groups attached to an aromatic ring is 1. The van der Waals surface area contributed by atoms with Gasteiger partial charge in [0.2, 0.25) is 0 Å². The predicted molar refractivity (Wildman–Crippen MR) is 552 cm³/mol. The second-order valence-electron chi connectivity index (χ2n) is 39.2. The Hall–Kier alpha value is -10.2. The predicted octanol–water partition coefficient (Wildman–Crippen LogP) is 25.4. The van der Waals surface area contributed by atoms with E-state index in [0.29, 0.717) is 60.9 Å². The van der Waals surface area contributed by atoms with Gasteiger partial charge in [0.1, 0.15) is 22.7 Å². The third-order valence-electron chi connectivity index (χ3n) is 25.6. The topological polar surface area (TPSA) is 251 Å². The van der Waals surface area contributed by atoms with Gasteiger partial charge in [-0.3, -0.25) is 19.4 Å². The Bertz CT molecular complexity index is 5650. The molecule has 2 atom stereocenters. The van der Waals surface area contributed by atoms with Gasteiger partial charge in [0.25, 0.3) is 0 Å². The molecule has 10 aromatic rings. The Morgan fingerprint density at radius 1 is 0.540 bits per heavy atom. The number of rotatable bonds is 22. The number of hydrogen-bond acceptors (Lipinski definition) is 17. The summed E-state index contributed by atoms with van der Waals surface area (Å²) in [6, 6.07) is 58.9. The summed E-state index contributed by atoms with van der Waals surface area (Å²) in [6.07, 6.45) is 20.1. The van der Waals surface area contributed by atoms with Gasteiger partial charge < -0.3 is 53.3 Å². The molecule has 137 heavy (non-hydrogen) atoms. The number of carbonyl (C=O) groups excluding carboxylic acids is 6. The van der Waals surface area contributed by atoms with Gasteiger partial charge in [-0.25, -0.2) is 19.2 Å². The van der Waals surface area contributed by atoms with E-state index < -0.39 is 59.8 Å². The van der Waals surface area contributed by atoms with E-state index in [2.05, 4.69) is 138 Å². The number of urea groups is 2. The zero-order valence-corrected chi connectivity index (χ0v) is 88.6. The molecular weight excluding hydrogens is 1920 g/mol. The zero-order valence-electron chi connectivity index (χ0n) is 83.8. The number of ether oxygens (including phenoxy) is 6. The maximum absolute atomic E-state index is 13.6. The van der Waals surface area contributed by atoms with Gasteiger partial charge in [-0.15, -0.1) is 35.9 Å². The number of aromatic nitrogens is 4. The Morgan fingerprint density at radius 3 is 1.47 bits per heavy atom. The number of carbonyl (C=O) groups is 6. The van der Waals surface area contributed by atoms with Gasteiger partial charge in [-0.05, 0) is 271 Å². The quantitative estimate of drug-likeness (QED) is 0.0165. The summed E-state index contributed by atoms with van der Waals surface area (Å²) in [5.74, 6) is 2.20. The van der Waals surface area contributed by atoms with Gasteiger partial charge in [-0.1, -0.05) is 188 Å². The van der Waals surface area contributed by atoms with E-state index in [0.717, 1.165) is 82.0 Å². The molecule has 736 valence electrons. The number of anilines is 3. The zero-order chi connectivity index (χ0) is 100.0. The third kappa shape index (κ3) is 29.0. The minimum absolute atomic E-state index is 0.0306. The molecule has 0 bridgehead atoms. The van der Waals surface area contributed by atoms with Crippen LogP contribution < -0.4 is 35.8 Å². The first kappa shape index (κ1) is 109. The summed E-state index contributed by atoms with van der Waals surface area (Å²) in [5, 5.41) is 9.89. The van der Waals surface area contributed by atoms with E-state index >= 15 is 0 Å². The van der Waals surface area contributed by atoms with Gasteiger partial charge in [0, 0.05) is 71.6 Å². The number of halogens is 2. The average Bonchev–Trinajstić information content (AvgIpc) is 1.60. The number of esters is 2. The molecule has 8 aromatic carbocycles. The van der Waals surface area contributed by atoms with Crippen molar-refractivity contribution < 1.29 is 84.7 Å². The number of nitrogens with two attached hydrogens (primary N) is 1. The van der Waals surface area contributed by atoms with Crippen molar-refractivity contribution in [3.8, 4) is 44.9 Å². The van der Waals surface area contributed by atoms with Crippen molar-refractivity contribution in [2.75, 3.05) is 70.2 Å². The fraction of sp³-hybridized carbons (Fsp3) is 0.450. The molecule has 2 N–H and O–H groups in total. The molecule has 15 rings (SSSR count). The minimum atomic E-state index is -0.626. The van der Waals surface area contributed by atoms with E-state index in [1.165, 1.54) is 94.2 Å². The molecule has 2 saturated carbocycles. The summed E-state index contributed by atoms with van der Waals surface area (Å²) in [4.78, 5) is 82.3. The van der Waals surface area contributed by atoms with Crippen LogP contribution >= 0.6 is 33.4 Å². The summed E-state index contributed by atoms with van der Waals surface area (Å²) < 4.78 is 46.3. The van der Waals surface area contributed by atoms with Gasteiger partial charge in [0.05, 0.1) is 70.8 Å². The van der Waals surface area contributed by atoms with Crippen molar-refractivity contribution in [3.05, 3.63) is 244 Å². The normalized spacial score (nSPS) is 15.9. The number of hydrogen-bond donors (Lipinski definition) is 1. The van der Waals surface area contributed by atoms with Crippen molar-refractivity contribution in [2.24, 2.45) is 0 Å². The molecule has 5 fully saturated rings. The molecule has 3 saturated heterocycles. The van der Waals surface area contributed by atoms with Crippen molar-refractivity contribution in [1.82, 2.24) is 29.4 Å². The van der Waals surface area contributed by atoms with E-state index in [-0.39, 0.29) is 38.8 Å². The molecule has 2 aromatic heterocycles. The second-order valence-corrected chi connectivity index (χ2v) is 42.9. The second kappa shape index (κ2) is 49.6. The van der Waals surface area contributed by atoms with Gasteiger partial charge in [-0.2, -0.15) is 19.6 Å². The van der Waals surface area contributed by atoms with Crippen molar-refractivity contribution in [1.29, 1.82) is 0 Å². The van der Waals surface area contributed by atoms with E-state index in [4.69, 9.17) is 43.5 Å². The van der Waals surface area contributed by atoms with Crippen LogP contribution in [-0.4, -0.2) is 161 Å². The van der Waals surface area contributed by atoms with E-state index in [1.54, 1.807) is 101 Å². The number of amides is 4. The van der Waals surface area contributed by atoms with Crippen LogP contribution in [0.3, 0.4) is 0 Å². The Balaban J connectivity index is 0.000000182. The first-order chi connectivity index (χ1) is 65.1. The van der Waals surface area contributed by atoms with Crippen LogP contribution in [0, 0.1) is 19.9 Å². The van der Waals surface area contributed by atoms with Crippen molar-refractivity contribution in [2.45, 2.75) is 265 Å². The molecule has 5 heterocycles. The van der Waals surface area contributed by atoms with Gasteiger partial charge in [0.15, 0.2) is 0 Å². The van der Waals surface area contributed by atoms with Crippen LogP contribution in [-0.2, 0) is 56.0 Å². The van der Waals surface area contributed by atoms with Crippen molar-refractivity contribution >= 4 is 105 Å². The van der Waals surface area contributed by atoms with Gasteiger partial charge >= 0.3 is 71.0 Å². The van der Waals surface area contributed by atoms with Crippen LogP contribution in [0.25, 0.3) is 33.4 Å². The molecule has 2 aliphatic carbocycles. The number of benzene rings is 8. The number of nitrogens with zero attached hydrogens (tertiary/aromatic N) is 8. The molecule has 5 aliphatic rings. The van der Waals surface area contributed by atoms with Crippen molar-refractivity contribution in [3.63, 3.8) is 0 Å². The summed E-state index contributed by atoms with van der Waals surface area (Å²) >= 11 is 5.71. The standard InChI is InChI=1S/C33H49P.C29H34N4O6.C21H23BrN2O4.C14H23BN2O4.C12H10N.ClH.Pd/c1-23(2)27-21-31(24(3)4)33(32(22-27)25(5)6)26-14-13-19-30(20-26)34(28-15-9-7-10-16-28)29-17-11-8-12-18-29;1-19-14-22(10-11-24(19)21-17-30-33(18-21)28(36)39-29(2,3)4)31-12-13-32(27(31)35)25(16-26(34)38-6)20-8-7-9-23(15-20)37-5;1-14-11-16(7-8-18(14)22)23-9-10-24(21(23)26)19(13-20(25)28-3)15-5-4-6-17(12-15)27-2;1-12(2,3)19-11(18)17-9-10(8-16-17)15-20-13(4,5)14(6,7)21-15;13-12-9-5-4-8-11(12)10-6-2-1-3-7-10;;/h13-14,19-25,28-29H,7-12,15-18H2,1-6H3;7-11,14-15,17-18,25H,12-13,16H2,1-6H3;4-8,11-12,19H,9-10,13H2,1-3H3;8-9H,1-7H3;1-6,8-9H,13H2;1H;/q;;;;-1;;+2/p-1. The van der Waals surface area contributed by atoms with E-state index in [9.17, 15) is 28.8 Å². The van der Waals surface area contributed by atoms with Crippen LogP contribution in [0.4, 0.5) is 36.2 Å². The SMILES string of the molecule is CC(C)(C)OC(=O)n1cc(B2OC(C)(C)C(C)(C)O2)cn1.CC(C)c1cc(C(C)C)c(-c2cccc(P(C3CCCCC3)C3CCCCC3)c2)c(C(C)C)c1.COC(=O)CC(c1cccc(OC)c1)N1CCN(c2ccc(-c3cnn(C(=O)OC(C)(C)C)c3)c(C)c2)C1=O.COC(=O)CC(c1cccc(OC)c1)N1CCN(c2ccc(Br)c(C)c2)C1=O.Nc1ccccc1-c1[c-]cccc1.[Cl][Pd+]. The van der Waals surface area contributed by atoms with Crippen LogP contribution in [0.1, 0.15) is 257 Å². The molecule has 0 spiro atoms. The fourth-order valence-corrected chi connectivity index (χ4v) is 21.7. The molecule has 23 nitrogen and oxygen atoms in total. The monoisotopic (exact) mass is 2060 g/mol. The molecule has 2 unspecified atom stereocenters. The van der Waals surface area contributed by atoms with Crippen LogP contribution in [0.2, 0.25) is 0 Å². The summed E-state index contributed by atoms with van der Waals surface area (Å²) in [6.45, 7) is 38.9. The van der Waals surface area contributed by atoms with E-state index in [1.807, 2.05) is 196 Å². The number of aryl methyl sites for hydroxylation is 2. The molecule has 28 heteroatoms. The van der Waals surface area contributed by atoms with Crippen LogP contribution in [0.15, 0.2) is 199 Å².